The van der Waals surface area contributed by atoms with Crippen LogP contribution in [0.1, 0.15) is 23.0 Å². The van der Waals surface area contributed by atoms with Gasteiger partial charge in [0.1, 0.15) is 17.1 Å². The summed E-state index contributed by atoms with van der Waals surface area (Å²) < 4.78 is 7.31. The Labute approximate surface area is 145 Å². The Morgan fingerprint density at radius 2 is 2.16 bits per heavy atom. The van der Waals surface area contributed by atoms with E-state index >= 15 is 0 Å². The second-order valence-corrected chi connectivity index (χ2v) is 5.37. The Hall–Kier alpha value is -3.35. The largest absolute Gasteiger partial charge is 0.494 e. The average Bonchev–Trinajstić information content (AvgIpc) is 3.25. The number of carbonyl (C=O) groups excluding carboxylic acids is 1. The summed E-state index contributed by atoms with van der Waals surface area (Å²) in [4.78, 5) is 12.1. The minimum Gasteiger partial charge on any atom is -0.494 e. The minimum absolute atomic E-state index is 0.347. The highest BCUT2D eigenvalue weighted by atomic mass is 16.5. The van der Waals surface area contributed by atoms with E-state index in [2.05, 4.69) is 20.7 Å². The van der Waals surface area contributed by atoms with Crippen LogP contribution >= 0.6 is 0 Å². The zero-order chi connectivity index (χ0) is 17.6. The zero-order valence-electron chi connectivity index (χ0n) is 14.1. The van der Waals surface area contributed by atoms with E-state index in [-0.39, 0.29) is 5.91 Å². The van der Waals surface area contributed by atoms with E-state index < -0.39 is 0 Å². The van der Waals surface area contributed by atoms with E-state index in [0.29, 0.717) is 18.0 Å². The number of aromatic nitrogens is 3. The van der Waals surface area contributed by atoms with Gasteiger partial charge in [-0.3, -0.25) is 9.89 Å². The van der Waals surface area contributed by atoms with Crippen LogP contribution < -0.4 is 10.2 Å². The van der Waals surface area contributed by atoms with Gasteiger partial charge in [-0.2, -0.15) is 10.2 Å². The Kier molecular flexibility index (Phi) is 4.94. The highest BCUT2D eigenvalue weighted by molar-refractivity contribution is 5.94. The lowest BCUT2D eigenvalue weighted by Crippen LogP contribution is -2.18. The first kappa shape index (κ1) is 16.5. The SMILES string of the molecule is CCOc1ccc(/C=N/NC(=O)c2cc(-c3cccn3C)n[nH]2)cc1. The second kappa shape index (κ2) is 7.48. The molecular weight excluding hydrogens is 318 g/mol. The van der Waals surface area contributed by atoms with Crippen LogP contribution in [0.15, 0.2) is 53.8 Å². The van der Waals surface area contributed by atoms with Crippen molar-refractivity contribution < 1.29 is 9.53 Å². The summed E-state index contributed by atoms with van der Waals surface area (Å²) in [6.07, 6.45) is 3.49. The molecule has 0 atom stereocenters. The molecule has 0 aliphatic rings. The molecule has 7 nitrogen and oxygen atoms in total. The van der Waals surface area contributed by atoms with E-state index in [9.17, 15) is 4.79 Å². The van der Waals surface area contributed by atoms with Crippen molar-refractivity contribution in [3.8, 4) is 17.1 Å². The molecule has 0 bridgehead atoms. The molecule has 2 heterocycles. The summed E-state index contributed by atoms with van der Waals surface area (Å²) in [5.74, 6) is 0.449. The first-order valence-corrected chi connectivity index (χ1v) is 7.90. The van der Waals surface area contributed by atoms with Crippen LogP contribution in [0, 0.1) is 0 Å². The number of nitrogens with zero attached hydrogens (tertiary/aromatic N) is 3. The molecule has 25 heavy (non-hydrogen) atoms. The fraction of sp³-hybridized carbons (Fsp3) is 0.167. The standard InChI is InChI=1S/C18H19N5O2/c1-3-25-14-8-6-13(7-9-14)12-19-22-18(24)16-11-15(20-21-16)17-5-4-10-23(17)2/h4-12H,3H2,1-2H3,(H,20,21)(H,22,24)/b19-12+. The molecule has 3 aromatic rings. The van der Waals surface area contributed by atoms with E-state index in [0.717, 1.165) is 17.0 Å². The van der Waals surface area contributed by atoms with Crippen LogP contribution in [0.2, 0.25) is 0 Å². The zero-order valence-corrected chi connectivity index (χ0v) is 14.1. The molecule has 0 fully saturated rings. The molecule has 1 aromatic carbocycles. The highest BCUT2D eigenvalue weighted by Gasteiger charge is 2.11. The number of aromatic amines is 1. The van der Waals surface area contributed by atoms with Crippen LogP contribution in [0.3, 0.4) is 0 Å². The average molecular weight is 337 g/mol. The number of ether oxygens (including phenoxy) is 1. The summed E-state index contributed by atoms with van der Waals surface area (Å²) in [6.45, 7) is 2.56. The number of H-pyrrole nitrogens is 1. The summed E-state index contributed by atoms with van der Waals surface area (Å²) in [5.41, 5.74) is 5.31. The maximum Gasteiger partial charge on any atom is 0.289 e. The Bertz CT molecular complexity index is 877. The molecule has 0 spiro atoms. The first-order valence-electron chi connectivity index (χ1n) is 7.90. The van der Waals surface area contributed by atoms with Gasteiger partial charge in [-0.25, -0.2) is 5.43 Å². The molecule has 0 unspecified atom stereocenters. The number of hydrazone groups is 1. The molecule has 7 heteroatoms. The van der Waals surface area contributed by atoms with Crippen LogP contribution in [0.5, 0.6) is 5.75 Å². The predicted octanol–water partition coefficient (Wildman–Crippen LogP) is 2.58. The molecule has 0 saturated heterocycles. The number of amides is 1. The summed E-state index contributed by atoms with van der Waals surface area (Å²) in [5, 5.41) is 10.9. The lowest BCUT2D eigenvalue weighted by atomic mass is 10.2. The molecule has 1 amide bonds. The lowest BCUT2D eigenvalue weighted by Gasteiger charge is -2.02. The monoisotopic (exact) mass is 337 g/mol. The highest BCUT2D eigenvalue weighted by Crippen LogP contribution is 2.17. The van der Waals surface area contributed by atoms with Crippen LogP contribution in [-0.4, -0.2) is 33.5 Å². The molecule has 2 aromatic heterocycles. The Morgan fingerprint density at radius 1 is 1.36 bits per heavy atom. The van der Waals surface area contributed by atoms with Gasteiger partial charge in [-0.1, -0.05) is 0 Å². The molecule has 0 aliphatic heterocycles. The van der Waals surface area contributed by atoms with Gasteiger partial charge in [-0.15, -0.1) is 0 Å². The number of nitrogens with one attached hydrogen (secondary N) is 2. The van der Waals surface area contributed by atoms with E-state index in [4.69, 9.17) is 4.74 Å². The minimum atomic E-state index is -0.352. The van der Waals surface area contributed by atoms with Gasteiger partial charge in [0, 0.05) is 13.2 Å². The third-order valence-electron chi connectivity index (χ3n) is 3.60. The van der Waals surface area contributed by atoms with Crippen LogP contribution in [0.25, 0.3) is 11.4 Å². The number of hydrogen-bond acceptors (Lipinski definition) is 4. The van der Waals surface area contributed by atoms with Crippen molar-refractivity contribution in [2.24, 2.45) is 12.1 Å². The van der Waals surface area contributed by atoms with Crippen molar-refractivity contribution in [1.29, 1.82) is 0 Å². The van der Waals surface area contributed by atoms with Gasteiger partial charge in [0.25, 0.3) is 5.91 Å². The van der Waals surface area contributed by atoms with E-state index in [1.807, 2.05) is 61.1 Å². The summed E-state index contributed by atoms with van der Waals surface area (Å²) in [7, 11) is 1.92. The molecule has 3 rings (SSSR count). The van der Waals surface area contributed by atoms with Crippen molar-refractivity contribution in [1.82, 2.24) is 20.2 Å². The number of benzene rings is 1. The normalized spacial score (nSPS) is 11.0. The lowest BCUT2D eigenvalue weighted by molar-refractivity contribution is 0.0950. The summed E-state index contributed by atoms with van der Waals surface area (Å²) >= 11 is 0. The van der Waals surface area contributed by atoms with E-state index in [1.54, 1.807) is 12.3 Å². The van der Waals surface area contributed by atoms with Gasteiger partial charge in [0.2, 0.25) is 0 Å². The molecule has 2 N–H and O–H groups in total. The molecular formula is C18H19N5O2. The van der Waals surface area contributed by atoms with Crippen LogP contribution in [0.4, 0.5) is 0 Å². The van der Waals surface area contributed by atoms with Crippen molar-refractivity contribution in [2.45, 2.75) is 6.92 Å². The Morgan fingerprint density at radius 3 is 2.84 bits per heavy atom. The molecule has 0 saturated carbocycles. The topological polar surface area (TPSA) is 84.3 Å². The fourth-order valence-electron chi connectivity index (χ4n) is 2.34. The maximum atomic E-state index is 12.1. The number of aryl methyl sites for hydroxylation is 1. The Balaban J connectivity index is 1.61. The van der Waals surface area contributed by atoms with E-state index in [1.165, 1.54) is 0 Å². The van der Waals surface area contributed by atoms with Gasteiger partial charge < -0.3 is 9.30 Å². The molecule has 128 valence electrons. The van der Waals surface area contributed by atoms with Gasteiger partial charge in [0.15, 0.2) is 0 Å². The first-order chi connectivity index (χ1) is 12.2. The van der Waals surface area contributed by atoms with Crippen molar-refractivity contribution >= 4 is 12.1 Å². The number of carbonyl (C=O) groups is 1. The van der Waals surface area contributed by atoms with Gasteiger partial charge >= 0.3 is 0 Å². The van der Waals surface area contributed by atoms with Crippen molar-refractivity contribution in [3.05, 3.63) is 59.9 Å². The van der Waals surface area contributed by atoms with Gasteiger partial charge in [0.05, 0.1) is 18.5 Å². The van der Waals surface area contributed by atoms with Crippen molar-refractivity contribution in [3.63, 3.8) is 0 Å². The van der Waals surface area contributed by atoms with Crippen molar-refractivity contribution in [2.75, 3.05) is 6.61 Å². The summed E-state index contributed by atoms with van der Waals surface area (Å²) in [6, 6.07) is 13.0. The van der Waals surface area contributed by atoms with Gasteiger partial charge in [-0.05, 0) is 55.0 Å². The molecule has 0 aliphatic carbocycles. The maximum absolute atomic E-state index is 12.1. The third kappa shape index (κ3) is 3.95. The fourth-order valence-corrected chi connectivity index (χ4v) is 2.34. The predicted molar refractivity (Wildman–Crippen MR) is 95.7 cm³/mol. The molecule has 0 radical (unpaired) electrons. The smallest absolute Gasteiger partial charge is 0.289 e. The van der Waals surface area contributed by atoms with Crippen LogP contribution in [-0.2, 0) is 7.05 Å². The quantitative estimate of drug-likeness (QED) is 0.535. The second-order valence-electron chi connectivity index (χ2n) is 5.37. The number of rotatable bonds is 6. The third-order valence-corrected chi connectivity index (χ3v) is 3.60. The number of hydrogen-bond donors (Lipinski definition) is 2.